The van der Waals surface area contributed by atoms with E-state index in [2.05, 4.69) is 4.72 Å². The molecule has 5 nitrogen and oxygen atoms in total. The molecule has 0 saturated heterocycles. The van der Waals surface area contributed by atoms with Gasteiger partial charge in [-0.3, -0.25) is 4.21 Å². The van der Waals surface area contributed by atoms with Crippen molar-refractivity contribution in [3.63, 3.8) is 0 Å². The molecule has 1 aromatic rings. The molecule has 19 heavy (non-hydrogen) atoms. The van der Waals surface area contributed by atoms with E-state index in [9.17, 15) is 17.0 Å². The highest BCUT2D eigenvalue weighted by atomic mass is 35.5. The van der Waals surface area contributed by atoms with E-state index in [1.807, 2.05) is 0 Å². The molecule has 108 valence electrons. The van der Waals surface area contributed by atoms with Crippen molar-refractivity contribution < 1.29 is 17.0 Å². The number of halogens is 2. The quantitative estimate of drug-likeness (QED) is 0.765. The Morgan fingerprint density at radius 1 is 1.47 bits per heavy atom. The van der Waals surface area contributed by atoms with Crippen molar-refractivity contribution in [1.29, 1.82) is 0 Å². The van der Waals surface area contributed by atoms with Crippen molar-refractivity contribution in [2.45, 2.75) is 11.8 Å². The lowest BCUT2D eigenvalue weighted by Gasteiger charge is -2.09. The Bertz CT molecular complexity index is 593. The average molecular weight is 329 g/mol. The van der Waals surface area contributed by atoms with Crippen LogP contribution in [0.5, 0.6) is 0 Å². The van der Waals surface area contributed by atoms with Crippen molar-refractivity contribution >= 4 is 38.1 Å². The van der Waals surface area contributed by atoms with Crippen LogP contribution in [0.25, 0.3) is 0 Å². The van der Waals surface area contributed by atoms with Crippen LogP contribution < -0.4 is 10.5 Å². The summed E-state index contributed by atoms with van der Waals surface area (Å²) in [7, 11) is -4.97. The SMILES string of the molecule is CCS(=O)CCNS(=O)(=O)c1cc(N)c(F)cc1Cl. The Morgan fingerprint density at radius 3 is 2.68 bits per heavy atom. The lowest BCUT2D eigenvalue weighted by atomic mass is 10.3. The number of rotatable bonds is 6. The van der Waals surface area contributed by atoms with Crippen LogP contribution in [0.1, 0.15) is 6.92 Å². The molecule has 0 fully saturated rings. The molecular formula is C10H14ClFN2O3S2. The summed E-state index contributed by atoms with van der Waals surface area (Å²) in [4.78, 5) is -0.296. The van der Waals surface area contributed by atoms with Gasteiger partial charge in [0.15, 0.2) is 0 Å². The Kier molecular flexibility index (Phi) is 5.72. The zero-order valence-corrected chi connectivity index (χ0v) is 12.5. The maximum atomic E-state index is 13.1. The van der Waals surface area contributed by atoms with Crippen LogP contribution in [-0.4, -0.2) is 30.7 Å². The molecular weight excluding hydrogens is 315 g/mol. The number of nitrogens with one attached hydrogen (secondary N) is 1. The molecule has 0 aromatic heterocycles. The lowest BCUT2D eigenvalue weighted by molar-refractivity contribution is 0.583. The maximum Gasteiger partial charge on any atom is 0.242 e. The van der Waals surface area contributed by atoms with Gasteiger partial charge in [-0.25, -0.2) is 17.5 Å². The van der Waals surface area contributed by atoms with E-state index >= 15 is 0 Å². The topological polar surface area (TPSA) is 89.3 Å². The summed E-state index contributed by atoms with van der Waals surface area (Å²) in [5.74, 6) is -0.133. The van der Waals surface area contributed by atoms with Gasteiger partial charge in [-0.2, -0.15) is 0 Å². The molecule has 3 N–H and O–H groups in total. The second kappa shape index (κ2) is 6.65. The second-order valence-electron chi connectivity index (χ2n) is 3.63. The van der Waals surface area contributed by atoms with Crippen molar-refractivity contribution in [2.24, 2.45) is 0 Å². The number of benzene rings is 1. The van der Waals surface area contributed by atoms with Crippen LogP contribution in [0.3, 0.4) is 0 Å². The van der Waals surface area contributed by atoms with Crippen LogP contribution in [0.15, 0.2) is 17.0 Å². The van der Waals surface area contributed by atoms with E-state index in [1.54, 1.807) is 6.92 Å². The first-order chi connectivity index (χ1) is 8.77. The van der Waals surface area contributed by atoms with Gasteiger partial charge in [0, 0.05) is 28.9 Å². The second-order valence-corrected chi connectivity index (χ2v) is 7.64. The minimum absolute atomic E-state index is 0.0103. The molecule has 0 aliphatic heterocycles. The van der Waals surface area contributed by atoms with Crippen LogP contribution in [-0.2, 0) is 20.8 Å². The summed E-state index contributed by atoms with van der Waals surface area (Å²) in [5, 5.41) is -0.254. The number of sulfonamides is 1. The minimum Gasteiger partial charge on any atom is -0.396 e. The van der Waals surface area contributed by atoms with Gasteiger partial charge >= 0.3 is 0 Å². The fourth-order valence-corrected chi connectivity index (χ4v) is 3.59. The molecule has 0 heterocycles. The molecule has 0 radical (unpaired) electrons. The Balaban J connectivity index is 2.89. The average Bonchev–Trinajstić information content (AvgIpc) is 2.33. The van der Waals surface area contributed by atoms with Crippen molar-refractivity contribution in [1.82, 2.24) is 4.72 Å². The predicted octanol–water partition coefficient (Wildman–Crippen LogP) is 1.11. The summed E-state index contributed by atoms with van der Waals surface area (Å²) in [6, 6.07) is 1.80. The van der Waals surface area contributed by atoms with Crippen LogP contribution in [0.2, 0.25) is 5.02 Å². The van der Waals surface area contributed by atoms with E-state index in [4.69, 9.17) is 17.3 Å². The Hall–Kier alpha value is -0.700. The standard InChI is InChI=1S/C10H14ClFN2O3S2/c1-2-18(15)4-3-14-19(16,17)10-6-9(13)8(12)5-7(10)11/h5-6,14H,2-4,13H2,1H3. The van der Waals surface area contributed by atoms with Gasteiger partial charge in [0.25, 0.3) is 0 Å². The molecule has 0 aliphatic rings. The van der Waals surface area contributed by atoms with E-state index in [-0.39, 0.29) is 27.9 Å². The predicted molar refractivity (Wildman–Crippen MR) is 74.6 cm³/mol. The van der Waals surface area contributed by atoms with Gasteiger partial charge in [-0.1, -0.05) is 18.5 Å². The smallest absolute Gasteiger partial charge is 0.242 e. The van der Waals surface area contributed by atoms with Crippen molar-refractivity contribution in [3.8, 4) is 0 Å². The van der Waals surface area contributed by atoms with Gasteiger partial charge in [0.2, 0.25) is 10.0 Å². The molecule has 0 spiro atoms. The number of hydrogen-bond acceptors (Lipinski definition) is 4. The molecule has 1 atom stereocenters. The molecule has 9 heteroatoms. The van der Waals surface area contributed by atoms with Crippen molar-refractivity contribution in [2.75, 3.05) is 23.8 Å². The number of nitrogens with two attached hydrogens (primary N) is 1. The van der Waals surface area contributed by atoms with Gasteiger partial charge in [0.1, 0.15) is 10.7 Å². The van der Waals surface area contributed by atoms with E-state index in [0.717, 1.165) is 12.1 Å². The monoisotopic (exact) mass is 328 g/mol. The van der Waals surface area contributed by atoms with Crippen LogP contribution >= 0.6 is 11.6 Å². The zero-order chi connectivity index (χ0) is 14.6. The fraction of sp³-hybridized carbons (Fsp3) is 0.400. The first kappa shape index (κ1) is 16.4. The van der Waals surface area contributed by atoms with Gasteiger partial charge in [-0.05, 0) is 12.1 Å². The van der Waals surface area contributed by atoms with E-state index in [0.29, 0.717) is 5.75 Å². The Morgan fingerprint density at radius 2 is 2.11 bits per heavy atom. The molecule has 0 amide bonds. The van der Waals surface area contributed by atoms with Crippen LogP contribution in [0, 0.1) is 5.82 Å². The van der Waals surface area contributed by atoms with Gasteiger partial charge < -0.3 is 5.73 Å². The summed E-state index contributed by atoms with van der Waals surface area (Å²) in [5.41, 5.74) is 5.01. The molecule has 1 aromatic carbocycles. The third kappa shape index (κ3) is 4.41. The molecule has 0 aliphatic carbocycles. The first-order valence-corrected chi connectivity index (χ1v) is 8.72. The normalized spacial score (nSPS) is 13.4. The zero-order valence-electron chi connectivity index (χ0n) is 10.2. The van der Waals surface area contributed by atoms with E-state index < -0.39 is 26.6 Å². The minimum atomic E-state index is -3.90. The fourth-order valence-electron chi connectivity index (χ4n) is 1.26. The third-order valence-electron chi connectivity index (χ3n) is 2.28. The number of hydrogen-bond donors (Lipinski definition) is 2. The third-order valence-corrected chi connectivity index (χ3v) is 5.51. The largest absolute Gasteiger partial charge is 0.396 e. The number of nitrogen functional groups attached to an aromatic ring is 1. The summed E-state index contributed by atoms with van der Waals surface area (Å²) in [6.45, 7) is 1.75. The summed E-state index contributed by atoms with van der Waals surface area (Å²) < 4.78 is 50.3. The first-order valence-electron chi connectivity index (χ1n) is 5.37. The van der Waals surface area contributed by atoms with Crippen molar-refractivity contribution in [3.05, 3.63) is 23.0 Å². The molecule has 1 unspecified atom stereocenters. The molecule has 1 rings (SSSR count). The summed E-state index contributed by atoms with van der Waals surface area (Å²) in [6.07, 6.45) is 0. The summed E-state index contributed by atoms with van der Waals surface area (Å²) >= 11 is 5.68. The highest BCUT2D eigenvalue weighted by Gasteiger charge is 2.19. The highest BCUT2D eigenvalue weighted by molar-refractivity contribution is 7.89. The van der Waals surface area contributed by atoms with Gasteiger partial charge in [0.05, 0.1) is 10.7 Å². The van der Waals surface area contributed by atoms with E-state index in [1.165, 1.54) is 0 Å². The molecule has 0 saturated carbocycles. The number of anilines is 1. The maximum absolute atomic E-state index is 13.1. The Labute approximate surface area is 118 Å². The lowest BCUT2D eigenvalue weighted by Crippen LogP contribution is -2.28. The van der Waals surface area contributed by atoms with Crippen LogP contribution in [0.4, 0.5) is 10.1 Å². The highest BCUT2D eigenvalue weighted by Crippen LogP contribution is 2.25. The van der Waals surface area contributed by atoms with Gasteiger partial charge in [-0.15, -0.1) is 0 Å². The molecule has 0 bridgehead atoms.